The van der Waals surface area contributed by atoms with E-state index in [1.54, 1.807) is 17.7 Å². The number of ether oxygens (including phenoxy) is 2. The summed E-state index contributed by atoms with van der Waals surface area (Å²) in [4.78, 5) is 15.0. The largest absolute Gasteiger partial charge is 0.477 e. The number of pyridine rings is 1. The number of aromatic nitrogens is 3. The number of hydrogen-bond donors (Lipinski definition) is 0. The fourth-order valence-corrected chi connectivity index (χ4v) is 6.21. The topological polar surface area (TPSA) is 57.1 Å². The van der Waals surface area contributed by atoms with Crippen molar-refractivity contribution >= 4 is 31.8 Å². The minimum atomic E-state index is -0.161. The first-order valence-corrected chi connectivity index (χ1v) is 15.2. The molecule has 4 heterocycles. The molecule has 0 fully saturated rings. The molecule has 0 bridgehead atoms. The summed E-state index contributed by atoms with van der Waals surface area (Å²) in [7, 11) is 0. The molecular formula is C30H45N3O2S. The first-order chi connectivity index (χ1) is 17.6. The van der Waals surface area contributed by atoms with Gasteiger partial charge in [0.05, 0.1) is 30.0 Å². The van der Waals surface area contributed by atoms with Crippen LogP contribution in [0.3, 0.4) is 0 Å². The van der Waals surface area contributed by atoms with Gasteiger partial charge in [-0.05, 0) is 26.3 Å². The molecule has 4 rings (SSSR count). The summed E-state index contributed by atoms with van der Waals surface area (Å²) >= 11 is 1.65. The summed E-state index contributed by atoms with van der Waals surface area (Å²) in [5.74, 6) is 0.701. The first-order valence-electron chi connectivity index (χ1n) is 14.4. The Bertz CT molecular complexity index is 1090. The van der Waals surface area contributed by atoms with Gasteiger partial charge in [-0.1, -0.05) is 90.4 Å². The third-order valence-electron chi connectivity index (χ3n) is 7.33. The average molecular weight is 512 g/mol. The number of unbranched alkanes of at least 4 members (excludes halogenated alkanes) is 13. The number of rotatable bonds is 16. The van der Waals surface area contributed by atoms with Crippen molar-refractivity contribution in [2.24, 2.45) is 0 Å². The van der Waals surface area contributed by atoms with Gasteiger partial charge in [-0.15, -0.1) is 11.3 Å². The van der Waals surface area contributed by atoms with Gasteiger partial charge in [-0.25, -0.2) is 15.0 Å². The molecule has 5 nitrogen and oxygen atoms in total. The lowest BCUT2D eigenvalue weighted by Crippen LogP contribution is -2.32. The predicted octanol–water partition coefficient (Wildman–Crippen LogP) is 8.95. The van der Waals surface area contributed by atoms with Crippen LogP contribution < -0.4 is 4.74 Å². The summed E-state index contributed by atoms with van der Waals surface area (Å²) in [5, 5.41) is 1.08. The van der Waals surface area contributed by atoms with Crippen molar-refractivity contribution in [3.63, 3.8) is 0 Å². The predicted molar refractivity (Wildman–Crippen MR) is 151 cm³/mol. The van der Waals surface area contributed by atoms with Crippen molar-refractivity contribution in [3.05, 3.63) is 23.7 Å². The lowest BCUT2D eigenvalue weighted by molar-refractivity contribution is -0.0411. The summed E-state index contributed by atoms with van der Waals surface area (Å²) < 4.78 is 13.1. The van der Waals surface area contributed by atoms with Crippen LogP contribution in [0.4, 0.5) is 0 Å². The lowest BCUT2D eigenvalue weighted by Gasteiger charge is -2.30. The second kappa shape index (κ2) is 13.7. The van der Waals surface area contributed by atoms with Crippen molar-refractivity contribution in [2.45, 2.75) is 129 Å². The third kappa shape index (κ3) is 7.61. The zero-order valence-electron chi connectivity index (χ0n) is 22.7. The van der Waals surface area contributed by atoms with Gasteiger partial charge in [0.25, 0.3) is 0 Å². The van der Waals surface area contributed by atoms with Gasteiger partial charge in [-0.3, -0.25) is 0 Å². The smallest absolute Gasteiger partial charge is 0.234 e. The van der Waals surface area contributed by atoms with Gasteiger partial charge in [-0.2, -0.15) is 0 Å². The van der Waals surface area contributed by atoms with Crippen LogP contribution in [0.25, 0.3) is 20.4 Å². The maximum Gasteiger partial charge on any atom is 0.234 e. The molecule has 0 unspecified atom stereocenters. The Hall–Kier alpha value is -1.79. The Morgan fingerprint density at radius 1 is 0.889 bits per heavy atom. The molecular weight excluding hydrogens is 466 g/mol. The van der Waals surface area contributed by atoms with E-state index in [2.05, 4.69) is 36.8 Å². The summed E-state index contributed by atoms with van der Waals surface area (Å²) in [5.41, 5.74) is 3.10. The SMILES string of the molecule is CCCCCCCCCCCCCCCCOc1ncnc2c1sc1nc3c(cc12)COC(C)(C)C3. The summed E-state index contributed by atoms with van der Waals surface area (Å²) in [6.07, 6.45) is 21.5. The summed E-state index contributed by atoms with van der Waals surface area (Å²) in [6.45, 7) is 7.86. The molecule has 0 amide bonds. The fraction of sp³-hybridized carbons (Fsp3) is 0.700. The molecule has 1 aliphatic rings. The molecule has 0 saturated carbocycles. The standard InChI is InChI=1S/C30H45N3O2S/c1-4-5-6-7-8-9-10-11-12-13-14-15-16-17-18-34-28-27-26(31-22-32-28)24-19-23-21-35-30(2,3)20-25(23)33-29(24)36-27/h19,22H,4-18,20-21H2,1-3H3. The zero-order valence-corrected chi connectivity index (χ0v) is 23.6. The highest BCUT2D eigenvalue weighted by Crippen LogP contribution is 2.38. The minimum absolute atomic E-state index is 0.161. The van der Waals surface area contributed by atoms with E-state index in [0.717, 1.165) is 39.0 Å². The highest BCUT2D eigenvalue weighted by molar-refractivity contribution is 7.25. The first kappa shape index (κ1) is 27.3. The third-order valence-corrected chi connectivity index (χ3v) is 8.41. The molecule has 0 atom stereocenters. The Morgan fingerprint density at radius 2 is 1.53 bits per heavy atom. The van der Waals surface area contributed by atoms with Gasteiger partial charge in [0.1, 0.15) is 15.9 Å². The number of thiophene rings is 1. The maximum atomic E-state index is 6.12. The molecule has 0 spiro atoms. The van der Waals surface area contributed by atoms with Crippen molar-refractivity contribution in [2.75, 3.05) is 6.61 Å². The van der Waals surface area contributed by atoms with Crippen LogP contribution in [0.15, 0.2) is 12.4 Å². The molecule has 3 aromatic rings. The van der Waals surface area contributed by atoms with E-state index in [1.807, 2.05) is 0 Å². The van der Waals surface area contributed by atoms with Gasteiger partial charge in [0.15, 0.2) is 0 Å². The van der Waals surface area contributed by atoms with Crippen LogP contribution >= 0.6 is 11.3 Å². The highest BCUT2D eigenvalue weighted by Gasteiger charge is 2.28. The molecule has 0 aromatic carbocycles. The molecule has 0 saturated heterocycles. The molecule has 0 N–H and O–H groups in total. The normalized spacial score (nSPS) is 15.0. The van der Waals surface area contributed by atoms with Crippen LogP contribution in [-0.2, 0) is 17.8 Å². The van der Waals surface area contributed by atoms with Crippen LogP contribution in [0.5, 0.6) is 5.88 Å². The van der Waals surface area contributed by atoms with E-state index >= 15 is 0 Å². The molecule has 36 heavy (non-hydrogen) atoms. The van der Waals surface area contributed by atoms with Crippen molar-refractivity contribution in [3.8, 4) is 5.88 Å². The lowest BCUT2D eigenvalue weighted by atomic mass is 9.95. The summed E-state index contributed by atoms with van der Waals surface area (Å²) in [6, 6.07) is 2.20. The molecule has 6 heteroatoms. The number of fused-ring (bicyclic) bond motifs is 4. The Morgan fingerprint density at radius 3 is 2.19 bits per heavy atom. The zero-order chi connectivity index (χ0) is 25.2. The minimum Gasteiger partial charge on any atom is -0.477 e. The van der Waals surface area contributed by atoms with E-state index in [4.69, 9.17) is 14.5 Å². The van der Waals surface area contributed by atoms with Gasteiger partial charge in [0, 0.05) is 17.4 Å². The molecule has 3 aromatic heterocycles. The monoisotopic (exact) mass is 511 g/mol. The maximum absolute atomic E-state index is 6.12. The second-order valence-corrected chi connectivity index (χ2v) is 12.1. The Labute approximate surface area is 221 Å². The van der Waals surface area contributed by atoms with E-state index in [0.29, 0.717) is 19.1 Å². The molecule has 0 radical (unpaired) electrons. The van der Waals surface area contributed by atoms with Crippen molar-refractivity contribution in [1.29, 1.82) is 0 Å². The fourth-order valence-electron chi connectivity index (χ4n) is 5.13. The molecule has 0 aliphatic carbocycles. The van der Waals surface area contributed by atoms with Gasteiger partial charge < -0.3 is 9.47 Å². The highest BCUT2D eigenvalue weighted by atomic mass is 32.1. The van der Waals surface area contributed by atoms with Crippen LogP contribution in [0.2, 0.25) is 0 Å². The van der Waals surface area contributed by atoms with E-state index in [-0.39, 0.29) is 5.60 Å². The van der Waals surface area contributed by atoms with Crippen molar-refractivity contribution < 1.29 is 9.47 Å². The average Bonchev–Trinajstić information content (AvgIpc) is 3.22. The van der Waals surface area contributed by atoms with Crippen LogP contribution in [0, 0.1) is 0 Å². The molecule has 1 aliphatic heterocycles. The van der Waals surface area contributed by atoms with Crippen molar-refractivity contribution in [1.82, 2.24) is 15.0 Å². The van der Waals surface area contributed by atoms with Gasteiger partial charge in [0.2, 0.25) is 5.88 Å². The Kier molecular flexibility index (Phi) is 10.3. The second-order valence-electron chi connectivity index (χ2n) is 11.1. The molecule has 198 valence electrons. The quantitative estimate of drug-likeness (QED) is 0.180. The number of nitrogens with zero attached hydrogens (tertiary/aromatic N) is 3. The number of hydrogen-bond acceptors (Lipinski definition) is 6. The van der Waals surface area contributed by atoms with Gasteiger partial charge >= 0.3 is 0 Å². The van der Waals surface area contributed by atoms with Crippen LogP contribution in [0.1, 0.15) is 122 Å². The van der Waals surface area contributed by atoms with E-state index < -0.39 is 0 Å². The Balaban J connectivity index is 1.16. The van der Waals surface area contributed by atoms with Crippen LogP contribution in [-0.4, -0.2) is 27.2 Å². The van der Waals surface area contributed by atoms with E-state index in [1.165, 1.54) is 89.0 Å². The van der Waals surface area contributed by atoms with E-state index in [9.17, 15) is 0 Å².